The van der Waals surface area contributed by atoms with E-state index in [-0.39, 0.29) is 24.9 Å². The van der Waals surface area contributed by atoms with Crippen molar-refractivity contribution in [3.05, 3.63) is 40.9 Å². The van der Waals surface area contributed by atoms with Crippen LogP contribution < -0.4 is 10.6 Å². The molecule has 1 aromatic rings. The van der Waals surface area contributed by atoms with Crippen molar-refractivity contribution in [3.63, 3.8) is 0 Å². The maximum Gasteiger partial charge on any atom is 0.238 e. The first kappa shape index (κ1) is 19.5. The van der Waals surface area contributed by atoms with Crippen molar-refractivity contribution in [3.8, 4) is 0 Å². The minimum Gasteiger partial charge on any atom is -0.355 e. The predicted molar refractivity (Wildman–Crippen MR) is 102 cm³/mol. The Labute approximate surface area is 154 Å². The average Bonchev–Trinajstić information content (AvgIpc) is 2.57. The Hall–Kier alpha value is -1.85. The van der Waals surface area contributed by atoms with Crippen LogP contribution in [0.15, 0.2) is 35.9 Å². The van der Waals surface area contributed by atoms with E-state index in [1.54, 1.807) is 36.2 Å². The first-order valence-electron chi connectivity index (χ1n) is 8.72. The van der Waals surface area contributed by atoms with Gasteiger partial charge in [0, 0.05) is 6.54 Å². The average molecular weight is 364 g/mol. The summed E-state index contributed by atoms with van der Waals surface area (Å²) in [6, 6.07) is 7.07. The number of hydrogen-bond donors (Lipinski definition) is 2. The molecule has 0 atom stereocenters. The van der Waals surface area contributed by atoms with Crippen LogP contribution in [0.25, 0.3) is 0 Å². The summed E-state index contributed by atoms with van der Waals surface area (Å²) in [7, 11) is 1.75. The summed E-state index contributed by atoms with van der Waals surface area (Å²) in [6.07, 6.45) is 8.05. The van der Waals surface area contributed by atoms with Crippen molar-refractivity contribution in [2.45, 2.75) is 32.1 Å². The predicted octanol–water partition coefficient (Wildman–Crippen LogP) is 3.22. The summed E-state index contributed by atoms with van der Waals surface area (Å²) in [5.41, 5.74) is 2.02. The van der Waals surface area contributed by atoms with Gasteiger partial charge in [0.2, 0.25) is 11.8 Å². The second-order valence-electron chi connectivity index (χ2n) is 6.41. The normalized spacial score (nSPS) is 14.1. The number of para-hydroxylation sites is 1. The fraction of sp³-hybridized carbons (Fsp3) is 0.474. The zero-order chi connectivity index (χ0) is 18.1. The molecule has 136 valence electrons. The van der Waals surface area contributed by atoms with Crippen molar-refractivity contribution >= 4 is 29.1 Å². The number of carbonyl (C=O) groups excluding carboxylic acids is 2. The topological polar surface area (TPSA) is 61.4 Å². The summed E-state index contributed by atoms with van der Waals surface area (Å²) >= 11 is 6.01. The Balaban J connectivity index is 1.65. The molecule has 2 N–H and O–H groups in total. The Kier molecular flexibility index (Phi) is 7.95. The van der Waals surface area contributed by atoms with E-state index in [1.807, 2.05) is 0 Å². The van der Waals surface area contributed by atoms with Gasteiger partial charge in [0.05, 0.1) is 23.8 Å². The van der Waals surface area contributed by atoms with Crippen molar-refractivity contribution in [2.24, 2.45) is 0 Å². The van der Waals surface area contributed by atoms with Crippen LogP contribution in [-0.2, 0) is 9.59 Å². The van der Waals surface area contributed by atoms with Gasteiger partial charge in [0.25, 0.3) is 0 Å². The molecular weight excluding hydrogens is 338 g/mol. The fourth-order valence-electron chi connectivity index (χ4n) is 2.85. The number of hydrogen-bond acceptors (Lipinski definition) is 3. The van der Waals surface area contributed by atoms with E-state index in [4.69, 9.17) is 11.6 Å². The van der Waals surface area contributed by atoms with E-state index in [9.17, 15) is 9.59 Å². The molecule has 0 aliphatic heterocycles. The number of halogens is 1. The summed E-state index contributed by atoms with van der Waals surface area (Å²) < 4.78 is 0. The zero-order valence-corrected chi connectivity index (χ0v) is 15.4. The number of benzene rings is 1. The van der Waals surface area contributed by atoms with Crippen molar-refractivity contribution in [2.75, 3.05) is 32.0 Å². The third-order valence-electron chi connectivity index (χ3n) is 4.13. The third kappa shape index (κ3) is 7.28. The molecule has 0 saturated heterocycles. The first-order valence-corrected chi connectivity index (χ1v) is 9.10. The molecule has 25 heavy (non-hydrogen) atoms. The number of nitrogens with zero attached hydrogens (tertiary/aromatic N) is 1. The van der Waals surface area contributed by atoms with Crippen LogP contribution in [0.1, 0.15) is 32.1 Å². The largest absolute Gasteiger partial charge is 0.355 e. The smallest absolute Gasteiger partial charge is 0.238 e. The molecule has 0 spiro atoms. The molecule has 1 aliphatic carbocycles. The Morgan fingerprint density at radius 3 is 2.64 bits per heavy atom. The van der Waals surface area contributed by atoms with Gasteiger partial charge in [0.1, 0.15) is 0 Å². The SMILES string of the molecule is CN(CC(=O)NCCC1=CCCCC1)CC(=O)Nc1ccccc1Cl. The number of allylic oxidation sites excluding steroid dienone is 1. The maximum atomic E-state index is 12.0. The van der Waals surface area contributed by atoms with E-state index in [1.165, 1.54) is 18.4 Å². The van der Waals surface area contributed by atoms with Gasteiger partial charge in [-0.3, -0.25) is 14.5 Å². The molecule has 1 aliphatic rings. The molecule has 0 unspecified atom stereocenters. The molecule has 0 heterocycles. The number of anilines is 1. The molecule has 6 heteroatoms. The van der Waals surface area contributed by atoms with E-state index in [2.05, 4.69) is 16.7 Å². The number of amides is 2. The number of rotatable bonds is 8. The molecule has 0 radical (unpaired) electrons. The molecular formula is C19H26ClN3O2. The minimum absolute atomic E-state index is 0.0653. The van der Waals surface area contributed by atoms with Crippen LogP contribution in [0.2, 0.25) is 5.02 Å². The molecule has 0 bridgehead atoms. The Bertz CT molecular complexity index is 631. The zero-order valence-electron chi connectivity index (χ0n) is 14.7. The van der Waals surface area contributed by atoms with Crippen LogP contribution >= 0.6 is 11.6 Å². The highest BCUT2D eigenvalue weighted by Crippen LogP contribution is 2.20. The lowest BCUT2D eigenvalue weighted by molar-refractivity contribution is -0.122. The number of likely N-dealkylation sites (N-methyl/N-ethyl adjacent to an activating group) is 1. The molecule has 0 fully saturated rings. The third-order valence-corrected chi connectivity index (χ3v) is 4.46. The van der Waals surface area contributed by atoms with Gasteiger partial charge in [-0.25, -0.2) is 0 Å². The minimum atomic E-state index is -0.198. The molecule has 2 rings (SSSR count). The highest BCUT2D eigenvalue weighted by molar-refractivity contribution is 6.33. The van der Waals surface area contributed by atoms with E-state index < -0.39 is 0 Å². The second kappa shape index (κ2) is 10.2. The summed E-state index contributed by atoms with van der Waals surface area (Å²) in [5, 5.41) is 6.16. The van der Waals surface area contributed by atoms with E-state index in [0.717, 1.165) is 19.3 Å². The van der Waals surface area contributed by atoms with Crippen LogP contribution in [0.3, 0.4) is 0 Å². The van der Waals surface area contributed by atoms with Crippen LogP contribution in [0.5, 0.6) is 0 Å². The van der Waals surface area contributed by atoms with Gasteiger partial charge < -0.3 is 10.6 Å². The van der Waals surface area contributed by atoms with Crippen LogP contribution in [0, 0.1) is 0 Å². The lowest BCUT2D eigenvalue weighted by atomic mass is 9.97. The lowest BCUT2D eigenvalue weighted by Crippen LogP contribution is -2.39. The van der Waals surface area contributed by atoms with Gasteiger partial charge in [0.15, 0.2) is 0 Å². The Morgan fingerprint density at radius 2 is 1.92 bits per heavy atom. The Morgan fingerprint density at radius 1 is 1.16 bits per heavy atom. The lowest BCUT2D eigenvalue weighted by Gasteiger charge is -2.17. The van der Waals surface area contributed by atoms with E-state index in [0.29, 0.717) is 17.3 Å². The van der Waals surface area contributed by atoms with Crippen LogP contribution in [-0.4, -0.2) is 43.4 Å². The standard InChI is InChI=1S/C19H26ClN3O2/c1-23(14-19(25)22-17-10-6-5-9-16(17)20)13-18(24)21-12-11-15-7-3-2-4-8-15/h5-7,9-10H,2-4,8,11-14H2,1H3,(H,21,24)(H,22,25). The van der Waals surface area contributed by atoms with Crippen molar-refractivity contribution in [1.82, 2.24) is 10.2 Å². The van der Waals surface area contributed by atoms with E-state index >= 15 is 0 Å². The molecule has 0 saturated carbocycles. The molecule has 0 aromatic heterocycles. The van der Waals surface area contributed by atoms with Gasteiger partial charge in [-0.05, 0) is 51.3 Å². The summed E-state index contributed by atoms with van der Waals surface area (Å²) in [5.74, 6) is -0.264. The van der Waals surface area contributed by atoms with Gasteiger partial charge in [-0.2, -0.15) is 0 Å². The summed E-state index contributed by atoms with van der Waals surface area (Å²) in [6.45, 7) is 0.975. The highest BCUT2D eigenvalue weighted by atomic mass is 35.5. The van der Waals surface area contributed by atoms with Crippen LogP contribution in [0.4, 0.5) is 5.69 Å². The highest BCUT2D eigenvalue weighted by Gasteiger charge is 2.12. The van der Waals surface area contributed by atoms with Crippen molar-refractivity contribution in [1.29, 1.82) is 0 Å². The summed E-state index contributed by atoms with van der Waals surface area (Å²) in [4.78, 5) is 25.7. The molecule has 1 aromatic carbocycles. The number of nitrogens with one attached hydrogen (secondary N) is 2. The second-order valence-corrected chi connectivity index (χ2v) is 6.82. The quantitative estimate of drug-likeness (QED) is 0.697. The van der Waals surface area contributed by atoms with Gasteiger partial charge in [-0.15, -0.1) is 0 Å². The maximum absolute atomic E-state index is 12.0. The van der Waals surface area contributed by atoms with Gasteiger partial charge >= 0.3 is 0 Å². The number of carbonyl (C=O) groups is 2. The monoisotopic (exact) mass is 363 g/mol. The first-order chi connectivity index (χ1) is 12.0. The van der Waals surface area contributed by atoms with Crippen molar-refractivity contribution < 1.29 is 9.59 Å². The van der Waals surface area contributed by atoms with Gasteiger partial charge in [-0.1, -0.05) is 35.4 Å². The molecule has 2 amide bonds. The fourth-order valence-corrected chi connectivity index (χ4v) is 3.03. The molecule has 5 nitrogen and oxygen atoms in total.